The Morgan fingerprint density at radius 1 is 1.25 bits per heavy atom. The van der Waals surface area contributed by atoms with Gasteiger partial charge in [0.1, 0.15) is 0 Å². The quantitative estimate of drug-likeness (QED) is 0.378. The van der Waals surface area contributed by atoms with E-state index < -0.39 is 0 Å². The SMILES string of the molecule is C=C/C=C(\C=C/CC)CCC(CCC1=CC(C)CC=C1)NCc1ccccc1. The molecule has 0 heterocycles. The Morgan fingerprint density at radius 3 is 2.79 bits per heavy atom. The molecule has 0 saturated heterocycles. The van der Waals surface area contributed by atoms with Gasteiger partial charge in [0.2, 0.25) is 0 Å². The molecule has 0 fully saturated rings. The number of benzene rings is 1. The Labute approximate surface area is 172 Å². The first-order chi connectivity index (χ1) is 13.7. The zero-order valence-corrected chi connectivity index (χ0v) is 17.7. The van der Waals surface area contributed by atoms with Crippen LogP contribution in [0.4, 0.5) is 0 Å². The summed E-state index contributed by atoms with van der Waals surface area (Å²) >= 11 is 0. The van der Waals surface area contributed by atoms with Crippen molar-refractivity contribution in [1.29, 1.82) is 0 Å². The van der Waals surface area contributed by atoms with Crippen LogP contribution in [0.1, 0.15) is 57.9 Å². The van der Waals surface area contributed by atoms with Crippen LogP contribution in [0.25, 0.3) is 0 Å². The molecule has 28 heavy (non-hydrogen) atoms. The number of rotatable bonds is 12. The van der Waals surface area contributed by atoms with Gasteiger partial charge in [-0.05, 0) is 55.6 Å². The number of hydrogen-bond donors (Lipinski definition) is 1. The van der Waals surface area contributed by atoms with Crippen LogP contribution in [0.5, 0.6) is 0 Å². The first-order valence-corrected chi connectivity index (χ1v) is 10.8. The first-order valence-electron chi connectivity index (χ1n) is 10.8. The van der Waals surface area contributed by atoms with E-state index in [1.165, 1.54) is 29.6 Å². The second-order valence-corrected chi connectivity index (χ2v) is 7.79. The predicted octanol–water partition coefficient (Wildman–Crippen LogP) is 7.31. The molecule has 1 heteroatoms. The van der Waals surface area contributed by atoms with E-state index in [-0.39, 0.29) is 0 Å². The monoisotopic (exact) mass is 375 g/mol. The number of nitrogens with one attached hydrogen (secondary N) is 1. The summed E-state index contributed by atoms with van der Waals surface area (Å²) in [5.41, 5.74) is 4.22. The van der Waals surface area contributed by atoms with Gasteiger partial charge >= 0.3 is 0 Å². The van der Waals surface area contributed by atoms with Gasteiger partial charge in [-0.1, -0.05) is 98.9 Å². The molecule has 0 aliphatic heterocycles. The van der Waals surface area contributed by atoms with Crippen LogP contribution in [0, 0.1) is 5.92 Å². The maximum absolute atomic E-state index is 3.88. The Bertz CT molecular complexity index is 690. The zero-order chi connectivity index (χ0) is 20.0. The largest absolute Gasteiger partial charge is 0.310 e. The van der Waals surface area contributed by atoms with Crippen molar-refractivity contribution >= 4 is 0 Å². The van der Waals surface area contributed by atoms with Gasteiger partial charge in [0.05, 0.1) is 0 Å². The van der Waals surface area contributed by atoms with E-state index in [2.05, 4.69) is 92.5 Å². The summed E-state index contributed by atoms with van der Waals surface area (Å²) in [6, 6.07) is 11.2. The molecule has 0 spiro atoms. The van der Waals surface area contributed by atoms with Gasteiger partial charge in [0.15, 0.2) is 0 Å². The Morgan fingerprint density at radius 2 is 2.07 bits per heavy atom. The maximum atomic E-state index is 3.88. The highest BCUT2D eigenvalue weighted by molar-refractivity contribution is 5.24. The minimum Gasteiger partial charge on any atom is -0.310 e. The summed E-state index contributed by atoms with van der Waals surface area (Å²) < 4.78 is 0. The van der Waals surface area contributed by atoms with Crippen LogP contribution in [0.2, 0.25) is 0 Å². The van der Waals surface area contributed by atoms with Gasteiger partial charge in [-0.2, -0.15) is 0 Å². The summed E-state index contributed by atoms with van der Waals surface area (Å²) in [7, 11) is 0. The number of hydrogen-bond acceptors (Lipinski definition) is 1. The van der Waals surface area contributed by atoms with Gasteiger partial charge in [0.25, 0.3) is 0 Å². The molecule has 0 amide bonds. The van der Waals surface area contributed by atoms with Gasteiger partial charge < -0.3 is 5.32 Å². The van der Waals surface area contributed by atoms with Crippen molar-refractivity contribution in [2.24, 2.45) is 5.92 Å². The van der Waals surface area contributed by atoms with Crippen LogP contribution < -0.4 is 5.32 Å². The molecule has 0 radical (unpaired) electrons. The lowest BCUT2D eigenvalue weighted by Gasteiger charge is -2.21. The molecule has 150 valence electrons. The van der Waals surface area contributed by atoms with E-state index in [1.54, 1.807) is 0 Å². The van der Waals surface area contributed by atoms with Crippen molar-refractivity contribution in [3.05, 3.63) is 96.2 Å². The molecule has 2 unspecified atom stereocenters. The molecular weight excluding hydrogens is 338 g/mol. The Balaban J connectivity index is 1.95. The third-order valence-corrected chi connectivity index (χ3v) is 5.24. The van der Waals surface area contributed by atoms with Crippen molar-refractivity contribution in [2.45, 2.75) is 65.0 Å². The zero-order valence-electron chi connectivity index (χ0n) is 17.7. The van der Waals surface area contributed by atoms with Crippen LogP contribution in [0.3, 0.4) is 0 Å². The molecular formula is C27H37N. The molecule has 1 aliphatic carbocycles. The molecule has 0 saturated carbocycles. The van der Waals surface area contributed by atoms with Crippen molar-refractivity contribution in [3.8, 4) is 0 Å². The van der Waals surface area contributed by atoms with Gasteiger partial charge in [-0.15, -0.1) is 0 Å². The van der Waals surface area contributed by atoms with E-state index in [0.29, 0.717) is 12.0 Å². The molecule has 2 rings (SSSR count). The second kappa shape index (κ2) is 13.1. The lowest BCUT2D eigenvalue weighted by Crippen LogP contribution is -2.29. The normalized spacial score (nSPS) is 18.3. The van der Waals surface area contributed by atoms with Gasteiger partial charge in [-0.25, -0.2) is 0 Å². The minimum absolute atomic E-state index is 0.509. The Hall–Kier alpha value is -2.12. The van der Waals surface area contributed by atoms with Crippen molar-refractivity contribution in [3.63, 3.8) is 0 Å². The highest BCUT2D eigenvalue weighted by atomic mass is 14.9. The predicted molar refractivity (Wildman–Crippen MR) is 124 cm³/mol. The highest BCUT2D eigenvalue weighted by Gasteiger charge is 2.11. The third-order valence-electron chi connectivity index (χ3n) is 5.24. The molecule has 1 aromatic carbocycles. The fourth-order valence-corrected chi connectivity index (χ4v) is 3.62. The van der Waals surface area contributed by atoms with Crippen molar-refractivity contribution in [2.75, 3.05) is 0 Å². The fourth-order valence-electron chi connectivity index (χ4n) is 3.62. The first kappa shape index (κ1) is 22.2. The lowest BCUT2D eigenvalue weighted by molar-refractivity contribution is 0.452. The fraction of sp³-hybridized carbons (Fsp3) is 0.407. The summed E-state index contributed by atoms with van der Waals surface area (Å²) in [4.78, 5) is 0. The molecule has 1 aliphatic rings. The van der Waals surface area contributed by atoms with Crippen LogP contribution in [0.15, 0.2) is 90.6 Å². The van der Waals surface area contributed by atoms with E-state index in [1.807, 2.05) is 6.08 Å². The molecule has 0 bridgehead atoms. The van der Waals surface area contributed by atoms with E-state index in [9.17, 15) is 0 Å². The van der Waals surface area contributed by atoms with E-state index in [0.717, 1.165) is 32.2 Å². The standard InChI is InChI=1S/C27H37N/c1-4-6-13-24(11-5-2)17-19-27(28-22-26-14-8-7-9-15-26)20-18-25-16-10-12-23(3)21-25/h5-11,13-16,21,23,27-28H,2,4,12,17-20,22H2,1,3H3/b13-6-,24-11+. The average Bonchev–Trinajstić information content (AvgIpc) is 2.72. The minimum atomic E-state index is 0.509. The van der Waals surface area contributed by atoms with Crippen LogP contribution in [-0.4, -0.2) is 6.04 Å². The molecule has 1 aromatic rings. The van der Waals surface area contributed by atoms with Crippen molar-refractivity contribution in [1.82, 2.24) is 5.32 Å². The summed E-state index contributed by atoms with van der Waals surface area (Å²) in [6.07, 6.45) is 22.4. The van der Waals surface area contributed by atoms with E-state index >= 15 is 0 Å². The summed E-state index contributed by atoms with van der Waals surface area (Å²) in [6.45, 7) is 9.29. The van der Waals surface area contributed by atoms with Crippen LogP contribution >= 0.6 is 0 Å². The summed E-state index contributed by atoms with van der Waals surface area (Å²) in [5, 5.41) is 3.81. The Kier molecular flexibility index (Phi) is 10.4. The second-order valence-electron chi connectivity index (χ2n) is 7.79. The molecule has 2 atom stereocenters. The van der Waals surface area contributed by atoms with Gasteiger partial charge in [0, 0.05) is 12.6 Å². The summed E-state index contributed by atoms with van der Waals surface area (Å²) in [5.74, 6) is 0.678. The van der Waals surface area contributed by atoms with Gasteiger partial charge in [-0.3, -0.25) is 0 Å². The maximum Gasteiger partial charge on any atom is 0.0208 e. The smallest absolute Gasteiger partial charge is 0.0208 e. The molecule has 1 nitrogen and oxygen atoms in total. The molecule has 0 aromatic heterocycles. The highest BCUT2D eigenvalue weighted by Crippen LogP contribution is 2.22. The van der Waals surface area contributed by atoms with E-state index in [4.69, 9.17) is 0 Å². The van der Waals surface area contributed by atoms with Crippen molar-refractivity contribution < 1.29 is 0 Å². The third kappa shape index (κ3) is 8.71. The van der Waals surface area contributed by atoms with Crippen LogP contribution in [-0.2, 0) is 6.54 Å². The lowest BCUT2D eigenvalue weighted by atomic mass is 9.92. The molecule has 1 N–H and O–H groups in total. The topological polar surface area (TPSA) is 12.0 Å². The number of allylic oxidation sites excluding steroid dienone is 9. The average molecular weight is 376 g/mol.